The minimum Gasteiger partial charge on any atom is -0.299 e. The summed E-state index contributed by atoms with van der Waals surface area (Å²) in [6.45, 7) is 5.29. The molecule has 0 spiro atoms. The van der Waals surface area contributed by atoms with Gasteiger partial charge in [0.2, 0.25) is 0 Å². The lowest BCUT2D eigenvalue weighted by molar-refractivity contribution is 0.255. The topological polar surface area (TPSA) is 20.3 Å². The van der Waals surface area contributed by atoms with Crippen LogP contribution in [0.15, 0.2) is 24.3 Å². The summed E-state index contributed by atoms with van der Waals surface area (Å²) in [5.41, 5.74) is 2.97. The number of fused-ring (bicyclic) bond motifs is 1. The largest absolute Gasteiger partial charge is 0.299 e. The molecule has 1 aliphatic heterocycles. The fourth-order valence-corrected chi connectivity index (χ4v) is 3.08. The van der Waals surface area contributed by atoms with Gasteiger partial charge in [-0.25, -0.2) is 0 Å². The Morgan fingerprint density at radius 1 is 1.28 bits per heavy atom. The van der Waals surface area contributed by atoms with E-state index in [0.29, 0.717) is 0 Å². The van der Waals surface area contributed by atoms with Crippen molar-refractivity contribution in [3.63, 3.8) is 0 Å². The van der Waals surface area contributed by atoms with Gasteiger partial charge in [-0.15, -0.1) is 12.4 Å². The molecule has 18 heavy (non-hydrogen) atoms. The summed E-state index contributed by atoms with van der Waals surface area (Å²) in [6, 6.07) is 8.71. The molecule has 0 unspecified atom stereocenters. The lowest BCUT2D eigenvalue weighted by Crippen LogP contribution is -2.31. The Balaban J connectivity index is 0.00000162. The third-order valence-corrected chi connectivity index (χ3v) is 4.77. The van der Waals surface area contributed by atoms with Crippen LogP contribution >= 0.6 is 12.4 Å². The Hall–Kier alpha value is -0.380. The van der Waals surface area contributed by atoms with Crippen molar-refractivity contribution in [2.75, 3.05) is 24.6 Å². The Bertz CT molecular complexity index is 397. The number of hydrogen-bond acceptors (Lipinski definition) is 2. The first-order valence-electron chi connectivity index (χ1n) is 6.43. The van der Waals surface area contributed by atoms with Crippen molar-refractivity contribution in [3.05, 3.63) is 35.4 Å². The molecule has 0 fully saturated rings. The molecule has 1 aromatic carbocycles. The molecule has 0 aromatic heterocycles. The summed E-state index contributed by atoms with van der Waals surface area (Å²) in [5.74, 6) is 1.65. The second-order valence-corrected chi connectivity index (χ2v) is 6.45. The zero-order chi connectivity index (χ0) is 12.1. The molecule has 0 saturated carbocycles. The fourth-order valence-electron chi connectivity index (χ4n) is 2.34. The molecule has 1 aliphatic rings. The summed E-state index contributed by atoms with van der Waals surface area (Å²) in [7, 11) is -0.603. The Kier molecular flexibility index (Phi) is 6.90. The van der Waals surface area contributed by atoms with Gasteiger partial charge in [0.05, 0.1) is 0 Å². The van der Waals surface area contributed by atoms with Gasteiger partial charge >= 0.3 is 0 Å². The van der Waals surface area contributed by atoms with Gasteiger partial charge in [-0.3, -0.25) is 9.11 Å². The molecule has 1 heterocycles. The first-order valence-corrected chi connectivity index (χ1v) is 7.92. The average Bonchev–Trinajstić information content (AvgIpc) is 2.38. The summed E-state index contributed by atoms with van der Waals surface area (Å²) in [4.78, 5) is 2.48. The summed E-state index contributed by atoms with van der Waals surface area (Å²) in [5, 5.41) is 0. The van der Waals surface area contributed by atoms with E-state index in [4.69, 9.17) is 0 Å². The quantitative estimate of drug-likeness (QED) is 0.830. The molecule has 2 nitrogen and oxygen atoms in total. The van der Waals surface area contributed by atoms with E-state index in [0.717, 1.165) is 44.0 Å². The van der Waals surface area contributed by atoms with Gasteiger partial charge in [-0.05, 0) is 30.5 Å². The summed E-state index contributed by atoms with van der Waals surface area (Å²) >= 11 is 0. The second kappa shape index (κ2) is 7.93. The number of hydrogen-bond donors (Lipinski definition) is 0. The molecule has 1 aromatic rings. The van der Waals surface area contributed by atoms with Crippen molar-refractivity contribution in [2.45, 2.75) is 26.3 Å². The van der Waals surface area contributed by atoms with Crippen LogP contribution in [0.25, 0.3) is 0 Å². The van der Waals surface area contributed by atoms with E-state index in [1.165, 1.54) is 11.1 Å². The highest BCUT2D eigenvalue weighted by Gasteiger charge is 2.14. The predicted octanol–water partition coefficient (Wildman–Crippen LogP) is 2.63. The van der Waals surface area contributed by atoms with Crippen LogP contribution in [0.3, 0.4) is 0 Å². The predicted molar refractivity (Wildman–Crippen MR) is 80.8 cm³/mol. The second-order valence-electron chi connectivity index (χ2n) is 4.58. The normalized spacial score (nSPS) is 16.7. The van der Waals surface area contributed by atoms with Gasteiger partial charge in [0.1, 0.15) is 0 Å². The highest BCUT2D eigenvalue weighted by atomic mass is 35.5. The molecule has 0 amide bonds. The van der Waals surface area contributed by atoms with E-state index in [1.807, 2.05) is 6.92 Å². The van der Waals surface area contributed by atoms with Crippen LogP contribution in [0.4, 0.5) is 0 Å². The number of nitrogens with zero attached hydrogens (tertiary/aromatic N) is 1. The molecule has 0 saturated heterocycles. The van der Waals surface area contributed by atoms with Gasteiger partial charge in [-0.1, -0.05) is 31.2 Å². The van der Waals surface area contributed by atoms with Crippen molar-refractivity contribution in [3.8, 4) is 0 Å². The molecule has 102 valence electrons. The highest BCUT2D eigenvalue weighted by molar-refractivity contribution is 7.84. The van der Waals surface area contributed by atoms with E-state index < -0.39 is 10.8 Å². The summed E-state index contributed by atoms with van der Waals surface area (Å²) < 4.78 is 11.3. The molecular formula is C14H22ClNOS. The molecule has 0 bridgehead atoms. The van der Waals surface area contributed by atoms with Gasteiger partial charge < -0.3 is 0 Å². The van der Waals surface area contributed by atoms with Gasteiger partial charge in [-0.2, -0.15) is 0 Å². The van der Waals surface area contributed by atoms with Gasteiger partial charge in [0, 0.05) is 35.4 Å². The first kappa shape index (κ1) is 15.7. The third-order valence-electron chi connectivity index (χ3n) is 3.38. The van der Waals surface area contributed by atoms with Crippen molar-refractivity contribution in [2.24, 2.45) is 0 Å². The van der Waals surface area contributed by atoms with Crippen molar-refractivity contribution >= 4 is 23.2 Å². The highest BCUT2D eigenvalue weighted by Crippen LogP contribution is 2.18. The van der Waals surface area contributed by atoms with Crippen molar-refractivity contribution in [1.82, 2.24) is 4.90 Å². The zero-order valence-electron chi connectivity index (χ0n) is 10.9. The van der Waals surface area contributed by atoms with E-state index >= 15 is 0 Å². The van der Waals surface area contributed by atoms with Gasteiger partial charge in [0.25, 0.3) is 0 Å². The molecule has 0 radical (unpaired) electrons. The molecule has 1 atom stereocenters. The third kappa shape index (κ3) is 4.38. The van der Waals surface area contributed by atoms with Crippen LogP contribution in [-0.4, -0.2) is 33.7 Å². The molecule has 0 N–H and O–H groups in total. The minimum absolute atomic E-state index is 0. The van der Waals surface area contributed by atoms with Gasteiger partial charge in [0.15, 0.2) is 0 Å². The monoisotopic (exact) mass is 287 g/mol. The molecule has 2 rings (SSSR count). The van der Waals surface area contributed by atoms with E-state index in [1.54, 1.807) is 0 Å². The lowest BCUT2D eigenvalue weighted by Gasteiger charge is -2.28. The standard InChI is InChI=1S/C14H21NOS.ClH/c1-2-17(16)11-5-9-15-10-8-13-6-3-4-7-14(13)12-15;/h3-4,6-7H,2,5,8-12H2,1H3;1H/t17-;/m1./s1. The maximum Gasteiger partial charge on any atom is 0.0246 e. The van der Waals surface area contributed by atoms with Crippen molar-refractivity contribution in [1.29, 1.82) is 0 Å². The number of benzene rings is 1. The van der Waals surface area contributed by atoms with Crippen LogP contribution in [0, 0.1) is 0 Å². The zero-order valence-corrected chi connectivity index (χ0v) is 12.6. The number of halogens is 1. The Labute approximate surface area is 119 Å². The fraction of sp³-hybridized carbons (Fsp3) is 0.571. The summed E-state index contributed by atoms with van der Waals surface area (Å²) in [6.07, 6.45) is 2.22. The van der Waals surface area contributed by atoms with Crippen LogP contribution in [0.1, 0.15) is 24.5 Å². The van der Waals surface area contributed by atoms with Crippen LogP contribution in [0.5, 0.6) is 0 Å². The van der Waals surface area contributed by atoms with E-state index in [-0.39, 0.29) is 12.4 Å². The van der Waals surface area contributed by atoms with E-state index in [9.17, 15) is 4.21 Å². The van der Waals surface area contributed by atoms with Crippen LogP contribution in [-0.2, 0) is 23.8 Å². The Morgan fingerprint density at radius 3 is 2.72 bits per heavy atom. The Morgan fingerprint density at radius 2 is 2.00 bits per heavy atom. The van der Waals surface area contributed by atoms with Crippen LogP contribution < -0.4 is 0 Å². The minimum atomic E-state index is -0.603. The molecular weight excluding hydrogens is 266 g/mol. The smallest absolute Gasteiger partial charge is 0.0246 e. The first-order chi connectivity index (χ1) is 8.29. The SMILES string of the molecule is CC[S@@](=O)CCCN1CCc2ccccc2C1.Cl. The van der Waals surface area contributed by atoms with E-state index in [2.05, 4.69) is 29.2 Å². The molecule has 0 aliphatic carbocycles. The maximum atomic E-state index is 11.3. The molecule has 4 heteroatoms. The number of rotatable bonds is 5. The lowest BCUT2D eigenvalue weighted by atomic mass is 10.00. The van der Waals surface area contributed by atoms with Crippen LogP contribution in [0.2, 0.25) is 0 Å². The van der Waals surface area contributed by atoms with Crippen molar-refractivity contribution < 1.29 is 4.21 Å². The average molecular weight is 288 g/mol. The maximum absolute atomic E-state index is 11.3.